The Balaban J connectivity index is 1.45. The first-order chi connectivity index (χ1) is 26.6. The molecule has 1 aliphatic heterocycles. The van der Waals surface area contributed by atoms with Crippen LogP contribution in [0.15, 0.2) is 47.6 Å². The molecule has 15 nitrogen and oxygen atoms in total. The molecule has 3 aromatic carbocycles. The molecule has 1 saturated heterocycles. The minimum atomic E-state index is -4.11. The number of benzene rings is 3. The zero-order chi connectivity index (χ0) is 40.7. The number of nitrogens with two attached hydrogens (primary N) is 1. The van der Waals surface area contributed by atoms with Gasteiger partial charge in [-0.05, 0) is 39.0 Å². The topological polar surface area (TPSA) is 223 Å². The van der Waals surface area contributed by atoms with Gasteiger partial charge in [-0.2, -0.15) is 5.10 Å². The molecule has 1 unspecified atom stereocenters. The van der Waals surface area contributed by atoms with Gasteiger partial charge in [0.05, 0.1) is 47.8 Å². The summed E-state index contributed by atoms with van der Waals surface area (Å²) in [7, 11) is -2.77. The summed E-state index contributed by atoms with van der Waals surface area (Å²) in [6, 6.07) is 10.5. The van der Waals surface area contributed by atoms with Crippen LogP contribution in [0, 0.1) is 6.92 Å². The highest BCUT2D eigenvalue weighted by atomic mass is 35.5. The largest absolute Gasteiger partial charge is 0.507 e. The zero-order valence-corrected chi connectivity index (χ0v) is 33.6. The first kappa shape index (κ1) is 41.9. The molecule has 0 saturated carbocycles. The van der Waals surface area contributed by atoms with Crippen LogP contribution in [0.25, 0.3) is 0 Å². The number of ketones is 2. The second-order valence-electron chi connectivity index (χ2n) is 14.1. The van der Waals surface area contributed by atoms with Gasteiger partial charge in [0.2, 0.25) is 5.78 Å². The molecule has 18 heteroatoms. The van der Waals surface area contributed by atoms with E-state index in [0.29, 0.717) is 0 Å². The lowest BCUT2D eigenvalue weighted by atomic mass is 9.72. The van der Waals surface area contributed by atoms with E-state index in [-0.39, 0.29) is 77.2 Å². The van der Waals surface area contributed by atoms with Crippen molar-refractivity contribution in [2.24, 2.45) is 10.8 Å². The Kier molecular flexibility index (Phi) is 12.4. The number of methoxy groups -OCH3 is 1. The maximum atomic E-state index is 14.6. The highest BCUT2D eigenvalue weighted by Crippen LogP contribution is 2.53. The summed E-state index contributed by atoms with van der Waals surface area (Å²) in [5.74, 6) is -2.28. The van der Waals surface area contributed by atoms with Crippen LogP contribution in [0.2, 0.25) is 0 Å². The summed E-state index contributed by atoms with van der Waals surface area (Å²) in [6.45, 7) is 5.15. The number of hydrazone groups is 1. The fourth-order valence-corrected chi connectivity index (χ4v) is 9.70. The van der Waals surface area contributed by atoms with Crippen molar-refractivity contribution in [2.45, 2.75) is 76.3 Å². The molecular weight excluding hydrogens is 790 g/mol. The monoisotopic (exact) mass is 834 g/mol. The van der Waals surface area contributed by atoms with Crippen LogP contribution >= 0.6 is 30.9 Å². The number of hydrogen-bond acceptors (Lipinski definition) is 13. The molecule has 7 atom stereocenters. The number of hydrogen-bond donors (Lipinski definition) is 6. The fraction of sp³-hybridized carbons (Fsp3) is 0.447. The third kappa shape index (κ3) is 7.77. The van der Waals surface area contributed by atoms with Crippen molar-refractivity contribution in [3.8, 4) is 23.0 Å². The van der Waals surface area contributed by atoms with Gasteiger partial charge in [0.25, 0.3) is 0 Å². The Hall–Kier alpha value is -3.76. The van der Waals surface area contributed by atoms with E-state index in [1.54, 1.807) is 31.2 Å². The number of aliphatic hydroxyl groups excluding tert-OH is 1. The third-order valence-corrected chi connectivity index (χ3v) is 12.8. The van der Waals surface area contributed by atoms with Gasteiger partial charge in [0.15, 0.2) is 12.1 Å². The SMILES string of the molecule is COc1cccc2c1C(=O)c1c(O)c3c(c(O)c1C2=O)C[C@@](O)(/C(C)=N\NP(=O)(Oc1ccc(C)cc1)N(CCCl)CCCl)C[C@@H]3O[C@H]1C[C@H](N)[C@H](O)[C@H](C)O1. The molecule has 1 fully saturated rings. The summed E-state index contributed by atoms with van der Waals surface area (Å²) in [4.78, 5) is 28.1. The molecular formula is C38H45Cl2N4O11P. The number of fused-ring (bicyclic) bond motifs is 3. The highest BCUT2D eigenvalue weighted by Gasteiger charge is 2.49. The number of aliphatic hydroxyl groups is 2. The Morgan fingerprint density at radius 3 is 2.36 bits per heavy atom. The van der Waals surface area contributed by atoms with Crippen molar-refractivity contribution in [1.29, 1.82) is 0 Å². The van der Waals surface area contributed by atoms with Gasteiger partial charge in [0, 0.05) is 66.8 Å². The predicted molar refractivity (Wildman–Crippen MR) is 208 cm³/mol. The van der Waals surface area contributed by atoms with E-state index in [1.165, 1.54) is 36.9 Å². The average Bonchev–Trinajstić information content (AvgIpc) is 3.16. The molecule has 1 heterocycles. The van der Waals surface area contributed by atoms with E-state index in [0.717, 1.165) is 5.56 Å². The van der Waals surface area contributed by atoms with Crippen molar-refractivity contribution in [2.75, 3.05) is 32.0 Å². The van der Waals surface area contributed by atoms with Crippen molar-refractivity contribution in [3.05, 3.63) is 81.4 Å². The van der Waals surface area contributed by atoms with Crippen molar-refractivity contribution in [1.82, 2.24) is 9.87 Å². The Bertz CT molecular complexity index is 2070. The maximum absolute atomic E-state index is 14.6. The van der Waals surface area contributed by atoms with E-state index in [2.05, 4.69) is 10.3 Å². The van der Waals surface area contributed by atoms with Crippen LogP contribution in [0.5, 0.6) is 23.0 Å². The quantitative estimate of drug-likeness (QED) is 0.0354. The summed E-state index contributed by atoms with van der Waals surface area (Å²) in [5.41, 5.74) is 3.89. The van der Waals surface area contributed by atoms with E-state index in [1.807, 2.05) is 6.92 Å². The number of phenolic OH excluding ortho intramolecular Hbond substituents is 2. The van der Waals surface area contributed by atoms with Crippen LogP contribution in [0.1, 0.15) is 81.3 Å². The molecule has 3 aliphatic rings. The second kappa shape index (κ2) is 16.6. The van der Waals surface area contributed by atoms with Gasteiger partial charge in [-0.3, -0.25) is 9.59 Å². The molecule has 7 N–H and O–H groups in total. The zero-order valence-electron chi connectivity index (χ0n) is 31.2. The van der Waals surface area contributed by atoms with Gasteiger partial charge in [-0.25, -0.2) is 14.4 Å². The van der Waals surface area contributed by atoms with Crippen LogP contribution in [0.3, 0.4) is 0 Å². The Morgan fingerprint density at radius 2 is 1.73 bits per heavy atom. The van der Waals surface area contributed by atoms with Gasteiger partial charge >= 0.3 is 7.67 Å². The molecule has 302 valence electrons. The van der Waals surface area contributed by atoms with Crippen molar-refractivity contribution in [3.63, 3.8) is 0 Å². The number of aromatic hydroxyl groups is 2. The normalized spacial score (nSPS) is 25.9. The highest BCUT2D eigenvalue weighted by molar-refractivity contribution is 7.54. The molecule has 3 aromatic rings. The Morgan fingerprint density at radius 1 is 1.07 bits per heavy atom. The van der Waals surface area contributed by atoms with Crippen LogP contribution < -0.4 is 20.2 Å². The minimum Gasteiger partial charge on any atom is -0.507 e. The number of phenols is 2. The average molecular weight is 836 g/mol. The number of nitrogens with zero attached hydrogens (tertiary/aromatic N) is 2. The molecule has 0 spiro atoms. The minimum absolute atomic E-state index is 0.0145. The molecule has 0 bridgehead atoms. The summed E-state index contributed by atoms with van der Waals surface area (Å²) >= 11 is 12.1. The van der Waals surface area contributed by atoms with Crippen LogP contribution in [-0.4, -0.2) is 104 Å². The summed E-state index contributed by atoms with van der Waals surface area (Å²) in [6.07, 6.45) is -4.89. The number of ether oxygens (including phenoxy) is 3. The summed E-state index contributed by atoms with van der Waals surface area (Å²) < 4.78 is 39.7. The van der Waals surface area contributed by atoms with E-state index >= 15 is 0 Å². The van der Waals surface area contributed by atoms with Gasteiger partial charge in [-0.1, -0.05) is 29.8 Å². The predicted octanol–water partition coefficient (Wildman–Crippen LogP) is 4.68. The molecule has 0 aromatic heterocycles. The fourth-order valence-electron chi connectivity index (χ4n) is 7.36. The smallest absolute Gasteiger partial charge is 0.435 e. The number of alkyl halides is 2. The van der Waals surface area contributed by atoms with Crippen molar-refractivity contribution < 1.29 is 53.3 Å². The first-order valence-electron chi connectivity index (χ1n) is 18.0. The first-order valence-corrected chi connectivity index (χ1v) is 20.6. The number of halogens is 2. The van der Waals surface area contributed by atoms with Gasteiger partial charge < -0.3 is 44.9 Å². The van der Waals surface area contributed by atoms with E-state index in [4.69, 9.17) is 47.7 Å². The standard InChI is InChI=1S/C38H45Cl2N4O11P/c1-19-8-10-22(11-9-19)55-56(51,44(14-12-39)15-13-40)43-42-21(3)38(50)17-24-30(27(18-38)54-28-16-25(41)33(45)20(2)53-28)37(49)32-31(35(24)47)34(46)23-6-5-7-26(52-4)29(23)36(32)48/h5-11,20,25,27-28,33,45,47,49-50H,12-18,41H2,1-4H3,(H,43,51)/b42-21-/t20-,25-,27-,28-,33+,38-,56?/m0/s1. The lowest BCUT2D eigenvalue weighted by molar-refractivity contribution is -0.245. The molecule has 56 heavy (non-hydrogen) atoms. The lowest BCUT2D eigenvalue weighted by Gasteiger charge is -2.43. The summed E-state index contributed by atoms with van der Waals surface area (Å²) in [5, 5.41) is 53.8. The molecule has 0 amide bonds. The van der Waals surface area contributed by atoms with Crippen molar-refractivity contribution >= 4 is 48.2 Å². The Labute approximate surface area is 333 Å². The van der Waals surface area contributed by atoms with Crippen LogP contribution in [-0.2, 0) is 20.5 Å². The van der Waals surface area contributed by atoms with Gasteiger partial charge in [0.1, 0.15) is 28.6 Å². The second-order valence-corrected chi connectivity index (χ2v) is 16.9. The molecule has 6 rings (SSSR count). The van der Waals surface area contributed by atoms with Crippen LogP contribution in [0.4, 0.5) is 0 Å². The molecule has 0 radical (unpaired) electrons. The number of aryl methyl sites for hydroxylation is 1. The van der Waals surface area contributed by atoms with Gasteiger partial charge in [-0.15, -0.1) is 23.2 Å². The number of rotatable bonds is 13. The number of nitrogens with one attached hydrogen (secondary N) is 1. The lowest BCUT2D eigenvalue weighted by Crippen LogP contribution is -2.52. The number of carbonyl (C=O) groups is 2. The maximum Gasteiger partial charge on any atom is 0.435 e. The number of carbonyl (C=O) groups excluding carboxylic acids is 2. The van der Waals surface area contributed by atoms with E-state index in [9.17, 15) is 34.6 Å². The third-order valence-electron chi connectivity index (χ3n) is 10.5. The molecule has 2 aliphatic carbocycles. The van der Waals surface area contributed by atoms with E-state index < -0.39 is 84.5 Å².